The summed E-state index contributed by atoms with van der Waals surface area (Å²) in [5.41, 5.74) is 0.979. The molecule has 4 rings (SSSR count). The van der Waals surface area contributed by atoms with Crippen LogP contribution in [0.2, 0.25) is 0 Å². The third kappa shape index (κ3) is 4.52. The summed E-state index contributed by atoms with van der Waals surface area (Å²) in [6, 6.07) is 7.69. The van der Waals surface area contributed by atoms with Crippen LogP contribution in [-0.4, -0.2) is 54.4 Å². The topological polar surface area (TPSA) is 77.7 Å². The number of carbonyl (C=O) groups is 1. The number of likely N-dealkylation sites (tertiary alicyclic amines) is 1. The average molecular weight is 385 g/mol. The fourth-order valence-electron chi connectivity index (χ4n) is 4.01. The number of hydrogen-bond donors (Lipinski definition) is 0. The Hall–Kier alpha value is -2.41. The smallest absolute Gasteiger partial charge is 0.229 e. The van der Waals surface area contributed by atoms with Gasteiger partial charge in [-0.1, -0.05) is 17.3 Å². The van der Waals surface area contributed by atoms with Crippen LogP contribution < -0.4 is 4.74 Å². The van der Waals surface area contributed by atoms with Gasteiger partial charge in [-0.15, -0.1) is 0 Å². The van der Waals surface area contributed by atoms with Gasteiger partial charge in [0.25, 0.3) is 0 Å². The summed E-state index contributed by atoms with van der Waals surface area (Å²) in [5.74, 6) is 3.14. The molecule has 0 N–H and O–H groups in total. The standard InChI is InChI=1S/C21H27N3O4/c1-26-18-4-2-3-15(11-18)13-20(25)24-8-5-16(14-24)12-19-22-21(28-23-19)17-6-9-27-10-7-17/h2-4,11,16-17H,5-10,12-14H2,1H3. The minimum Gasteiger partial charge on any atom is -0.497 e. The van der Waals surface area contributed by atoms with Crippen LogP contribution in [0.3, 0.4) is 0 Å². The molecule has 2 aromatic rings. The maximum atomic E-state index is 12.6. The van der Waals surface area contributed by atoms with Crippen molar-refractivity contribution in [1.82, 2.24) is 15.0 Å². The van der Waals surface area contributed by atoms with E-state index < -0.39 is 0 Å². The molecule has 1 unspecified atom stereocenters. The zero-order valence-electron chi connectivity index (χ0n) is 16.3. The van der Waals surface area contributed by atoms with E-state index in [9.17, 15) is 4.79 Å². The first-order chi connectivity index (χ1) is 13.7. The summed E-state index contributed by atoms with van der Waals surface area (Å²) in [7, 11) is 1.64. The number of nitrogens with zero attached hydrogens (tertiary/aromatic N) is 3. The lowest BCUT2D eigenvalue weighted by Gasteiger charge is -2.18. The molecule has 2 saturated heterocycles. The first kappa shape index (κ1) is 18.9. The largest absolute Gasteiger partial charge is 0.497 e. The molecule has 0 spiro atoms. The summed E-state index contributed by atoms with van der Waals surface area (Å²) in [6.07, 6.45) is 4.02. The molecule has 2 fully saturated rings. The predicted octanol–water partition coefficient (Wildman–Crippen LogP) is 2.61. The lowest BCUT2D eigenvalue weighted by Crippen LogP contribution is -2.30. The van der Waals surface area contributed by atoms with E-state index in [0.717, 1.165) is 75.0 Å². The molecule has 7 heteroatoms. The molecule has 0 saturated carbocycles. The molecule has 0 bridgehead atoms. The minimum absolute atomic E-state index is 0.159. The van der Waals surface area contributed by atoms with Crippen LogP contribution in [0.25, 0.3) is 0 Å². The summed E-state index contributed by atoms with van der Waals surface area (Å²) < 4.78 is 16.1. The van der Waals surface area contributed by atoms with E-state index in [-0.39, 0.29) is 5.91 Å². The Morgan fingerprint density at radius 2 is 2.14 bits per heavy atom. The van der Waals surface area contributed by atoms with Gasteiger partial charge < -0.3 is 18.9 Å². The Balaban J connectivity index is 1.29. The number of carbonyl (C=O) groups excluding carboxylic acids is 1. The monoisotopic (exact) mass is 385 g/mol. The van der Waals surface area contributed by atoms with E-state index in [0.29, 0.717) is 18.3 Å². The molecule has 3 heterocycles. The van der Waals surface area contributed by atoms with Crippen LogP contribution in [-0.2, 0) is 22.4 Å². The van der Waals surface area contributed by atoms with Gasteiger partial charge in [0.05, 0.1) is 13.5 Å². The van der Waals surface area contributed by atoms with E-state index >= 15 is 0 Å². The Labute approximate surface area is 165 Å². The van der Waals surface area contributed by atoms with Crippen molar-refractivity contribution in [3.63, 3.8) is 0 Å². The Kier molecular flexibility index (Phi) is 5.90. The highest BCUT2D eigenvalue weighted by atomic mass is 16.5. The summed E-state index contributed by atoms with van der Waals surface area (Å²) >= 11 is 0. The lowest BCUT2D eigenvalue weighted by atomic mass is 10.0. The Morgan fingerprint density at radius 3 is 2.96 bits per heavy atom. The van der Waals surface area contributed by atoms with Gasteiger partial charge in [0.2, 0.25) is 11.8 Å². The molecule has 1 amide bonds. The quantitative estimate of drug-likeness (QED) is 0.761. The van der Waals surface area contributed by atoms with Gasteiger partial charge in [0, 0.05) is 38.6 Å². The third-order valence-electron chi connectivity index (χ3n) is 5.65. The van der Waals surface area contributed by atoms with Crippen molar-refractivity contribution in [3.8, 4) is 5.75 Å². The van der Waals surface area contributed by atoms with E-state index in [1.54, 1.807) is 7.11 Å². The molecular formula is C21H27N3O4. The normalized spacial score (nSPS) is 20.5. The Bertz CT molecular complexity index is 800. The van der Waals surface area contributed by atoms with Gasteiger partial charge in [0.15, 0.2) is 5.82 Å². The first-order valence-corrected chi connectivity index (χ1v) is 10.0. The number of ether oxygens (including phenoxy) is 2. The van der Waals surface area contributed by atoms with Crippen molar-refractivity contribution in [1.29, 1.82) is 0 Å². The molecule has 150 valence electrons. The maximum Gasteiger partial charge on any atom is 0.229 e. The van der Waals surface area contributed by atoms with Crippen molar-refractivity contribution in [2.24, 2.45) is 5.92 Å². The summed E-state index contributed by atoms with van der Waals surface area (Å²) in [4.78, 5) is 19.2. The molecule has 2 aliphatic heterocycles. The second-order valence-electron chi connectivity index (χ2n) is 7.66. The first-order valence-electron chi connectivity index (χ1n) is 10.0. The number of benzene rings is 1. The van der Waals surface area contributed by atoms with Crippen LogP contribution in [0.5, 0.6) is 5.75 Å². The van der Waals surface area contributed by atoms with Crippen LogP contribution in [0.4, 0.5) is 0 Å². The highest BCUT2D eigenvalue weighted by Gasteiger charge is 2.28. The minimum atomic E-state index is 0.159. The number of aromatic nitrogens is 2. The van der Waals surface area contributed by atoms with Crippen LogP contribution >= 0.6 is 0 Å². The van der Waals surface area contributed by atoms with E-state index in [4.69, 9.17) is 14.0 Å². The highest BCUT2D eigenvalue weighted by Crippen LogP contribution is 2.27. The van der Waals surface area contributed by atoms with Gasteiger partial charge in [-0.05, 0) is 42.9 Å². The second kappa shape index (κ2) is 8.73. The number of methoxy groups -OCH3 is 1. The summed E-state index contributed by atoms with van der Waals surface area (Å²) in [5, 5.41) is 4.17. The van der Waals surface area contributed by atoms with Gasteiger partial charge in [-0.25, -0.2) is 0 Å². The zero-order valence-corrected chi connectivity index (χ0v) is 16.3. The molecule has 2 aliphatic rings. The van der Waals surface area contributed by atoms with Crippen LogP contribution in [0.1, 0.15) is 42.5 Å². The van der Waals surface area contributed by atoms with Crippen molar-refractivity contribution < 1.29 is 18.8 Å². The van der Waals surface area contributed by atoms with E-state index in [2.05, 4.69) is 10.1 Å². The second-order valence-corrected chi connectivity index (χ2v) is 7.66. The average Bonchev–Trinajstić information content (AvgIpc) is 3.39. The highest BCUT2D eigenvalue weighted by molar-refractivity contribution is 5.79. The maximum absolute atomic E-state index is 12.6. The molecule has 0 aliphatic carbocycles. The van der Waals surface area contributed by atoms with Crippen LogP contribution in [0.15, 0.2) is 28.8 Å². The van der Waals surface area contributed by atoms with E-state index in [1.165, 1.54) is 0 Å². The van der Waals surface area contributed by atoms with Crippen molar-refractivity contribution in [2.75, 3.05) is 33.4 Å². The SMILES string of the molecule is COc1cccc(CC(=O)N2CCC(Cc3noc(C4CCOCC4)n3)C2)c1. The Morgan fingerprint density at radius 1 is 1.29 bits per heavy atom. The van der Waals surface area contributed by atoms with Crippen LogP contribution in [0, 0.1) is 5.92 Å². The fraction of sp³-hybridized carbons (Fsp3) is 0.571. The molecule has 1 aromatic carbocycles. The predicted molar refractivity (Wildman–Crippen MR) is 102 cm³/mol. The lowest BCUT2D eigenvalue weighted by molar-refractivity contribution is -0.129. The zero-order chi connectivity index (χ0) is 19.3. The number of amides is 1. The van der Waals surface area contributed by atoms with Gasteiger partial charge in [-0.2, -0.15) is 4.98 Å². The molecule has 7 nitrogen and oxygen atoms in total. The van der Waals surface area contributed by atoms with Crippen molar-refractivity contribution in [2.45, 2.75) is 38.0 Å². The molecule has 1 atom stereocenters. The third-order valence-corrected chi connectivity index (χ3v) is 5.65. The van der Waals surface area contributed by atoms with Gasteiger partial charge >= 0.3 is 0 Å². The van der Waals surface area contributed by atoms with Gasteiger partial charge in [-0.3, -0.25) is 4.79 Å². The molecular weight excluding hydrogens is 358 g/mol. The fourth-order valence-corrected chi connectivity index (χ4v) is 4.01. The molecule has 1 aromatic heterocycles. The van der Waals surface area contributed by atoms with Crippen molar-refractivity contribution in [3.05, 3.63) is 41.5 Å². The summed E-state index contributed by atoms with van der Waals surface area (Å²) in [6.45, 7) is 3.06. The molecule has 0 radical (unpaired) electrons. The van der Waals surface area contributed by atoms with Gasteiger partial charge in [0.1, 0.15) is 5.75 Å². The van der Waals surface area contributed by atoms with Crippen molar-refractivity contribution >= 4 is 5.91 Å². The number of rotatable bonds is 6. The molecule has 28 heavy (non-hydrogen) atoms. The number of hydrogen-bond acceptors (Lipinski definition) is 6. The van der Waals surface area contributed by atoms with E-state index in [1.807, 2.05) is 29.2 Å².